The van der Waals surface area contributed by atoms with Crippen molar-refractivity contribution >= 4 is 5.82 Å². The molecule has 5 aromatic rings. The van der Waals surface area contributed by atoms with Gasteiger partial charge in [0.2, 0.25) is 0 Å². The molecule has 5 nitrogen and oxygen atoms in total. The van der Waals surface area contributed by atoms with Crippen LogP contribution in [0.25, 0.3) is 49.7 Å². The molecule has 5 rings (SSSR count). The second-order valence-electron chi connectivity index (χ2n) is 8.59. The van der Waals surface area contributed by atoms with Gasteiger partial charge in [0.05, 0.1) is 11.3 Å². The van der Waals surface area contributed by atoms with Gasteiger partial charge < -0.3 is 4.85 Å². The molecule has 0 unspecified atom stereocenters. The Balaban J connectivity index is 1.45. The van der Waals surface area contributed by atoms with Crippen LogP contribution in [0.5, 0.6) is 0 Å². The lowest BCUT2D eigenvalue weighted by molar-refractivity contribution is 1.15. The average Bonchev–Trinajstić information content (AvgIpc) is 2.92. The minimum Gasteiger partial charge on any atom is -0.360 e. The number of pyridine rings is 1. The molecule has 0 aliphatic rings. The number of aryl methyl sites for hydroxylation is 2. The van der Waals surface area contributed by atoms with Gasteiger partial charge in [-0.05, 0) is 48.2 Å². The third-order valence-electron chi connectivity index (χ3n) is 5.91. The van der Waals surface area contributed by atoms with Gasteiger partial charge in [0.25, 0.3) is 11.6 Å². The van der Waals surface area contributed by atoms with Crippen LogP contribution in [-0.2, 0) is 0 Å². The first-order chi connectivity index (χ1) is 17.5. The maximum absolute atomic E-state index is 9.17. The van der Waals surface area contributed by atoms with Crippen LogP contribution in [-0.4, -0.2) is 15.0 Å². The third kappa shape index (κ3) is 4.59. The lowest BCUT2D eigenvalue weighted by atomic mass is 9.92. The summed E-state index contributed by atoms with van der Waals surface area (Å²) in [4.78, 5) is 16.3. The fourth-order valence-corrected chi connectivity index (χ4v) is 4.31. The van der Waals surface area contributed by atoms with E-state index in [1.165, 1.54) is 33.9 Å². The summed E-state index contributed by atoms with van der Waals surface area (Å²) in [6.45, 7) is 11.4. The zero-order chi connectivity index (χ0) is 25.1. The van der Waals surface area contributed by atoms with Crippen molar-refractivity contribution < 1.29 is 0 Å². The van der Waals surface area contributed by atoms with Crippen molar-refractivity contribution in [1.82, 2.24) is 15.0 Å². The number of hydrogen-bond donors (Lipinski definition) is 0. The van der Waals surface area contributed by atoms with Gasteiger partial charge >= 0.3 is 0 Å². The molecule has 0 bridgehead atoms. The predicted octanol–water partition coefficient (Wildman–Crippen LogP) is 7.58. The smallest absolute Gasteiger partial charge is 0.274 e. The molecule has 0 saturated carbocycles. The molecule has 0 amide bonds. The van der Waals surface area contributed by atoms with Crippen molar-refractivity contribution in [2.75, 3.05) is 0 Å². The largest absolute Gasteiger partial charge is 0.360 e. The Morgan fingerprint density at radius 2 is 1.36 bits per heavy atom. The summed E-state index contributed by atoms with van der Waals surface area (Å²) >= 11 is 0. The van der Waals surface area contributed by atoms with Crippen molar-refractivity contribution in [2.24, 2.45) is 0 Å². The molecule has 170 valence electrons. The van der Waals surface area contributed by atoms with Gasteiger partial charge in [-0.3, -0.25) is 4.98 Å². The van der Waals surface area contributed by atoms with E-state index in [1.807, 2.05) is 18.2 Å². The predicted molar refractivity (Wildman–Crippen MR) is 142 cm³/mol. The molecule has 2 heterocycles. The van der Waals surface area contributed by atoms with Crippen LogP contribution in [0.4, 0.5) is 5.82 Å². The summed E-state index contributed by atoms with van der Waals surface area (Å²) in [5, 5.41) is 9.17. The van der Waals surface area contributed by atoms with Crippen molar-refractivity contribution in [1.29, 1.82) is 5.26 Å². The molecule has 0 N–H and O–H groups in total. The number of nitrogens with zero attached hydrogens (tertiary/aromatic N) is 5. The highest BCUT2D eigenvalue weighted by atomic mass is 15.0. The molecule has 0 spiro atoms. The van der Waals surface area contributed by atoms with Crippen LogP contribution in [0.2, 0.25) is 0 Å². The maximum Gasteiger partial charge on any atom is 0.274 e. The Morgan fingerprint density at radius 3 is 1.97 bits per heavy atom. The second kappa shape index (κ2) is 9.62. The molecule has 36 heavy (non-hydrogen) atoms. The van der Waals surface area contributed by atoms with E-state index >= 15 is 0 Å². The Bertz CT molecular complexity index is 1600. The Morgan fingerprint density at radius 1 is 0.722 bits per heavy atom. The van der Waals surface area contributed by atoms with Crippen LogP contribution < -0.4 is 0 Å². The topological polar surface area (TPSA) is 66.8 Å². The Hall–Kier alpha value is -5.13. The van der Waals surface area contributed by atoms with Gasteiger partial charge in [-0.1, -0.05) is 89.4 Å². The second-order valence-corrected chi connectivity index (χ2v) is 8.59. The standard InChI is InChI=1S/C31H21N5/c1-20-14-21(2)16-25(15-20)28-7-5-4-6-27(28)22-8-10-23(11-9-22)29-13-12-24(19-34-29)31-35-26(18-32)17-30(33-3)36-31/h4-17,19H,1-2H3. The third-order valence-corrected chi connectivity index (χ3v) is 5.91. The minimum absolute atomic E-state index is 0.136. The van der Waals surface area contributed by atoms with E-state index in [9.17, 15) is 5.26 Å². The van der Waals surface area contributed by atoms with Crippen molar-refractivity contribution in [2.45, 2.75) is 13.8 Å². The van der Waals surface area contributed by atoms with Crippen LogP contribution in [0, 0.1) is 31.8 Å². The number of nitriles is 1. The Kier molecular flexibility index (Phi) is 6.05. The van der Waals surface area contributed by atoms with Gasteiger partial charge in [-0.15, -0.1) is 0 Å². The number of aromatic nitrogens is 3. The fraction of sp³-hybridized carbons (Fsp3) is 0.0645. The van der Waals surface area contributed by atoms with E-state index in [1.54, 1.807) is 6.20 Å². The first-order valence-corrected chi connectivity index (χ1v) is 11.5. The van der Waals surface area contributed by atoms with E-state index in [0.717, 1.165) is 16.8 Å². The average molecular weight is 464 g/mol. The monoisotopic (exact) mass is 463 g/mol. The highest BCUT2D eigenvalue weighted by Crippen LogP contribution is 2.34. The van der Waals surface area contributed by atoms with E-state index < -0.39 is 0 Å². The Labute approximate surface area is 210 Å². The highest BCUT2D eigenvalue weighted by Gasteiger charge is 2.12. The van der Waals surface area contributed by atoms with Gasteiger partial charge in [0.15, 0.2) is 0 Å². The molecule has 0 radical (unpaired) electrons. The first-order valence-electron chi connectivity index (χ1n) is 11.5. The molecule has 3 aromatic carbocycles. The van der Waals surface area contributed by atoms with Crippen molar-refractivity contribution in [3.8, 4) is 51.0 Å². The first kappa shape index (κ1) is 22.7. The molecular weight excluding hydrogens is 442 g/mol. The highest BCUT2D eigenvalue weighted by molar-refractivity contribution is 5.84. The fourth-order valence-electron chi connectivity index (χ4n) is 4.31. The van der Waals surface area contributed by atoms with Gasteiger partial charge in [0, 0.05) is 17.8 Å². The molecule has 0 aliphatic carbocycles. The molecule has 2 aromatic heterocycles. The summed E-state index contributed by atoms with van der Waals surface area (Å²) < 4.78 is 0. The van der Waals surface area contributed by atoms with Crippen LogP contribution in [0.3, 0.4) is 0 Å². The van der Waals surface area contributed by atoms with E-state index in [-0.39, 0.29) is 11.5 Å². The molecule has 0 atom stereocenters. The summed E-state index contributed by atoms with van der Waals surface area (Å²) in [5.41, 5.74) is 9.86. The van der Waals surface area contributed by atoms with Gasteiger partial charge in [-0.25, -0.2) is 0 Å². The molecule has 0 fully saturated rings. The minimum atomic E-state index is 0.136. The van der Waals surface area contributed by atoms with E-state index in [4.69, 9.17) is 6.57 Å². The SMILES string of the molecule is [C-]#[N+]c1cc(C#N)nc(-c2ccc(-c3ccc(-c4ccccc4-c4cc(C)cc(C)c4)cc3)nc2)n1. The van der Waals surface area contributed by atoms with Crippen LogP contribution >= 0.6 is 0 Å². The van der Waals surface area contributed by atoms with E-state index in [2.05, 4.69) is 100 Å². The molecule has 0 aliphatic heterocycles. The summed E-state index contributed by atoms with van der Waals surface area (Å²) in [6, 6.07) is 30.6. The zero-order valence-corrected chi connectivity index (χ0v) is 19.9. The lowest BCUT2D eigenvalue weighted by Crippen LogP contribution is -1.93. The summed E-state index contributed by atoms with van der Waals surface area (Å²) in [6.07, 6.45) is 1.67. The quantitative estimate of drug-likeness (QED) is 0.258. The van der Waals surface area contributed by atoms with Gasteiger partial charge in [-0.2, -0.15) is 10.2 Å². The summed E-state index contributed by atoms with van der Waals surface area (Å²) in [5.74, 6) is 0.453. The van der Waals surface area contributed by atoms with Gasteiger partial charge in [0.1, 0.15) is 11.8 Å². The van der Waals surface area contributed by atoms with Crippen LogP contribution in [0.1, 0.15) is 16.8 Å². The zero-order valence-electron chi connectivity index (χ0n) is 19.9. The normalized spacial score (nSPS) is 10.4. The number of rotatable bonds is 4. The maximum atomic E-state index is 9.17. The number of hydrogen-bond acceptors (Lipinski definition) is 4. The lowest BCUT2D eigenvalue weighted by Gasteiger charge is -2.12. The summed E-state index contributed by atoms with van der Waals surface area (Å²) in [7, 11) is 0. The number of benzene rings is 3. The van der Waals surface area contributed by atoms with Crippen molar-refractivity contribution in [3.05, 3.63) is 119 Å². The van der Waals surface area contributed by atoms with Crippen molar-refractivity contribution in [3.63, 3.8) is 0 Å². The van der Waals surface area contributed by atoms with Crippen LogP contribution in [0.15, 0.2) is 91.1 Å². The molecule has 0 saturated heterocycles. The molecule has 5 heteroatoms. The molecular formula is C31H21N5. The van der Waals surface area contributed by atoms with E-state index in [0.29, 0.717) is 11.4 Å².